The molecule has 0 aromatic heterocycles. The fraction of sp³-hybridized carbons (Fsp3) is 0.600. The molecule has 2 aromatic carbocycles. The van der Waals surface area contributed by atoms with Crippen molar-refractivity contribution in [1.82, 2.24) is 21.7 Å². The minimum Gasteiger partial charge on any atom is -0.507 e. The number of unbranched alkanes of at least 4 members (excludes halogenated alkanes) is 10. The summed E-state index contributed by atoms with van der Waals surface area (Å²) >= 11 is 0. The summed E-state index contributed by atoms with van der Waals surface area (Å²) in [6.45, 7) is 8.27. The van der Waals surface area contributed by atoms with Gasteiger partial charge in [0.15, 0.2) is 0 Å². The van der Waals surface area contributed by atoms with Crippen molar-refractivity contribution in [3.05, 3.63) is 58.7 Å². The van der Waals surface area contributed by atoms with Crippen LogP contribution < -0.4 is 21.7 Å². The maximum absolute atomic E-state index is 13.6. The zero-order valence-electron chi connectivity index (χ0n) is 30.9. The molecule has 0 radical (unpaired) electrons. The zero-order chi connectivity index (χ0) is 36.7. The highest BCUT2D eigenvalue weighted by molar-refractivity contribution is 5.99. The highest BCUT2D eigenvalue weighted by atomic mass is 16.3. The number of carbonyl (C=O) groups excluding carboxylic acids is 4. The number of hydrazine groups is 2. The van der Waals surface area contributed by atoms with Gasteiger partial charge >= 0.3 is 0 Å². The molecule has 10 nitrogen and oxygen atoms in total. The second-order valence-corrected chi connectivity index (χ2v) is 13.3. The predicted octanol–water partition coefficient (Wildman–Crippen LogP) is 7.96. The molecule has 2 unspecified atom stereocenters. The zero-order valence-corrected chi connectivity index (χ0v) is 30.9. The molecule has 278 valence electrons. The number of aryl methyl sites for hydroxylation is 2. The van der Waals surface area contributed by atoms with E-state index in [0.717, 1.165) is 64.2 Å². The van der Waals surface area contributed by atoms with Crippen LogP contribution in [0.1, 0.15) is 162 Å². The first-order valence-electron chi connectivity index (χ1n) is 19.0. The number of amides is 4. The number of hydrogen-bond donors (Lipinski definition) is 6. The summed E-state index contributed by atoms with van der Waals surface area (Å²) in [7, 11) is 0. The lowest BCUT2D eigenvalue weighted by atomic mass is 9.83. The highest BCUT2D eigenvalue weighted by Crippen LogP contribution is 2.27. The van der Waals surface area contributed by atoms with Crippen molar-refractivity contribution in [3.63, 3.8) is 0 Å². The number of phenols is 2. The van der Waals surface area contributed by atoms with E-state index in [4.69, 9.17) is 0 Å². The minimum atomic E-state index is -0.790. The van der Waals surface area contributed by atoms with Gasteiger partial charge in [-0.3, -0.25) is 40.9 Å². The smallest absolute Gasteiger partial charge is 0.273 e. The van der Waals surface area contributed by atoms with Crippen molar-refractivity contribution in [1.29, 1.82) is 0 Å². The summed E-state index contributed by atoms with van der Waals surface area (Å²) in [5, 5.41) is 21.6. The molecule has 0 bridgehead atoms. The monoisotopic (exact) mass is 694 g/mol. The van der Waals surface area contributed by atoms with E-state index in [2.05, 4.69) is 35.6 Å². The SMILES string of the molecule is CCCCCCCc1cccc(C(=O)NNC(=O)C(CCC)C(CCCCC)C(=O)NNC(=O)c2cccc(CCCCCCC)c2O)c1O. The van der Waals surface area contributed by atoms with Gasteiger partial charge in [-0.1, -0.05) is 129 Å². The Morgan fingerprint density at radius 3 is 1.32 bits per heavy atom. The predicted molar refractivity (Wildman–Crippen MR) is 198 cm³/mol. The maximum Gasteiger partial charge on any atom is 0.273 e. The first kappa shape index (κ1) is 42.1. The standard InChI is InChI=1S/C40H62N4O6/c1-5-9-12-14-17-22-29-24-19-27-33(35(29)45)39(49)43-41-37(47)31(21-8-4)32(26-16-11-7-3)38(48)42-44-40(50)34-28-20-25-30(36(34)46)23-18-15-13-10-6-2/h19-20,24-25,27-28,31-32,45-46H,5-18,21-23,26H2,1-4H3,(H,41,47)(H,42,48)(H,43,49)(H,44,50). The van der Waals surface area contributed by atoms with E-state index in [1.54, 1.807) is 24.3 Å². The molecule has 0 spiro atoms. The third kappa shape index (κ3) is 14.0. The number of para-hydroxylation sites is 2. The molecule has 0 saturated carbocycles. The summed E-state index contributed by atoms with van der Waals surface area (Å²) in [6.07, 6.45) is 15.9. The molecule has 2 aromatic rings. The van der Waals surface area contributed by atoms with Crippen molar-refractivity contribution in [3.8, 4) is 11.5 Å². The Hall–Kier alpha value is -4.08. The van der Waals surface area contributed by atoms with Crippen LogP contribution >= 0.6 is 0 Å². The third-order valence-corrected chi connectivity index (χ3v) is 9.30. The lowest BCUT2D eigenvalue weighted by Crippen LogP contribution is -2.51. The van der Waals surface area contributed by atoms with Crippen LogP contribution in [-0.4, -0.2) is 33.8 Å². The third-order valence-electron chi connectivity index (χ3n) is 9.30. The van der Waals surface area contributed by atoms with Gasteiger partial charge in [0.2, 0.25) is 11.8 Å². The average Bonchev–Trinajstić information content (AvgIpc) is 3.11. The molecule has 2 rings (SSSR count). The molecule has 4 amide bonds. The molecule has 0 fully saturated rings. The molecule has 6 N–H and O–H groups in total. The summed E-state index contributed by atoms with van der Waals surface area (Å²) < 4.78 is 0. The van der Waals surface area contributed by atoms with E-state index < -0.39 is 35.5 Å². The summed E-state index contributed by atoms with van der Waals surface area (Å²) in [5.41, 5.74) is 11.3. The number of nitrogens with one attached hydrogen (secondary N) is 4. The first-order chi connectivity index (χ1) is 24.2. The van der Waals surface area contributed by atoms with Crippen LogP contribution in [-0.2, 0) is 22.4 Å². The second kappa shape index (κ2) is 24.1. The molecule has 2 atom stereocenters. The average molecular weight is 695 g/mol. The van der Waals surface area contributed by atoms with Crippen molar-refractivity contribution in [2.45, 2.75) is 143 Å². The fourth-order valence-electron chi connectivity index (χ4n) is 6.30. The van der Waals surface area contributed by atoms with Gasteiger partial charge in [-0.15, -0.1) is 0 Å². The fourth-order valence-corrected chi connectivity index (χ4v) is 6.30. The number of hydrogen-bond acceptors (Lipinski definition) is 6. The Kier molecular flexibility index (Phi) is 20.3. The molecule has 0 aliphatic carbocycles. The molecule has 0 aliphatic heterocycles. The van der Waals surface area contributed by atoms with Crippen LogP contribution in [0.15, 0.2) is 36.4 Å². The Bertz CT molecular complexity index is 1350. The van der Waals surface area contributed by atoms with Crippen molar-refractivity contribution in [2.24, 2.45) is 11.8 Å². The lowest BCUT2D eigenvalue weighted by molar-refractivity contribution is -0.136. The van der Waals surface area contributed by atoms with E-state index >= 15 is 0 Å². The Balaban J connectivity index is 2.09. The van der Waals surface area contributed by atoms with E-state index in [1.807, 2.05) is 13.8 Å². The van der Waals surface area contributed by atoms with Crippen LogP contribution in [0, 0.1) is 11.8 Å². The summed E-state index contributed by atoms with van der Waals surface area (Å²) in [4.78, 5) is 53.2. The first-order valence-corrected chi connectivity index (χ1v) is 19.0. The topological polar surface area (TPSA) is 157 Å². The normalized spacial score (nSPS) is 12.2. The van der Waals surface area contributed by atoms with Crippen LogP contribution in [0.25, 0.3) is 0 Å². The van der Waals surface area contributed by atoms with Gasteiger partial charge in [-0.25, -0.2) is 0 Å². The second-order valence-electron chi connectivity index (χ2n) is 13.3. The Labute approximate surface area is 299 Å². The number of carbonyl (C=O) groups is 4. The van der Waals surface area contributed by atoms with Crippen molar-refractivity contribution < 1.29 is 29.4 Å². The summed E-state index contributed by atoms with van der Waals surface area (Å²) in [6, 6.07) is 10.0. The van der Waals surface area contributed by atoms with E-state index in [1.165, 1.54) is 25.0 Å². The van der Waals surface area contributed by atoms with Crippen LogP contribution in [0.5, 0.6) is 11.5 Å². The molecule has 10 heteroatoms. The number of phenolic OH excluding ortho intramolecular Hbond substituents is 2. The van der Waals surface area contributed by atoms with Gasteiger partial charge in [-0.2, -0.15) is 0 Å². The van der Waals surface area contributed by atoms with Gasteiger partial charge in [0.05, 0.1) is 23.0 Å². The van der Waals surface area contributed by atoms with Gasteiger partial charge < -0.3 is 10.2 Å². The minimum absolute atomic E-state index is 0.0622. The molecule has 50 heavy (non-hydrogen) atoms. The molecular formula is C40H62N4O6. The van der Waals surface area contributed by atoms with Gasteiger partial charge in [0.25, 0.3) is 11.8 Å². The quantitative estimate of drug-likeness (QED) is 0.0512. The lowest BCUT2D eigenvalue weighted by Gasteiger charge is -2.26. The molecular weight excluding hydrogens is 632 g/mol. The van der Waals surface area contributed by atoms with E-state index in [0.29, 0.717) is 49.7 Å². The number of benzene rings is 2. The number of rotatable bonds is 23. The van der Waals surface area contributed by atoms with Crippen LogP contribution in [0.3, 0.4) is 0 Å². The Morgan fingerprint density at radius 1 is 0.500 bits per heavy atom. The Morgan fingerprint density at radius 2 is 0.900 bits per heavy atom. The van der Waals surface area contributed by atoms with Crippen molar-refractivity contribution >= 4 is 23.6 Å². The van der Waals surface area contributed by atoms with Crippen LogP contribution in [0.2, 0.25) is 0 Å². The van der Waals surface area contributed by atoms with Crippen LogP contribution in [0.4, 0.5) is 0 Å². The molecule has 0 saturated heterocycles. The van der Waals surface area contributed by atoms with Crippen molar-refractivity contribution in [2.75, 3.05) is 0 Å². The van der Waals surface area contributed by atoms with Gasteiger partial charge in [0.1, 0.15) is 11.5 Å². The molecule has 0 aliphatic rings. The van der Waals surface area contributed by atoms with Gasteiger partial charge in [0, 0.05) is 0 Å². The maximum atomic E-state index is 13.6. The highest BCUT2D eigenvalue weighted by Gasteiger charge is 2.33. The molecule has 0 heterocycles. The van der Waals surface area contributed by atoms with E-state index in [9.17, 15) is 29.4 Å². The largest absolute Gasteiger partial charge is 0.507 e. The van der Waals surface area contributed by atoms with E-state index in [-0.39, 0.29) is 22.6 Å². The summed E-state index contributed by atoms with van der Waals surface area (Å²) in [5.74, 6) is -4.13. The van der Waals surface area contributed by atoms with Gasteiger partial charge in [-0.05, 0) is 61.8 Å². The number of aromatic hydroxyl groups is 2.